The first-order valence-electron chi connectivity index (χ1n) is 9.48. The second kappa shape index (κ2) is 7.58. The van der Waals surface area contributed by atoms with E-state index in [9.17, 15) is 18.8 Å². The van der Waals surface area contributed by atoms with Gasteiger partial charge in [0.15, 0.2) is 5.78 Å². The van der Waals surface area contributed by atoms with Gasteiger partial charge in [-0.05, 0) is 37.1 Å². The van der Waals surface area contributed by atoms with Gasteiger partial charge in [0.1, 0.15) is 11.6 Å². The molecule has 0 radical (unpaired) electrons. The van der Waals surface area contributed by atoms with E-state index in [4.69, 9.17) is 5.73 Å². The Morgan fingerprint density at radius 3 is 2.77 bits per heavy atom. The van der Waals surface area contributed by atoms with Crippen molar-refractivity contribution in [3.8, 4) is 5.69 Å². The Labute approximate surface area is 171 Å². The van der Waals surface area contributed by atoms with E-state index in [0.717, 1.165) is 0 Å². The second-order valence-corrected chi connectivity index (χ2v) is 7.22. The topological polar surface area (TPSA) is 103 Å². The normalized spacial score (nSPS) is 16.1. The lowest BCUT2D eigenvalue weighted by atomic mass is 10.0. The highest BCUT2D eigenvalue weighted by Crippen LogP contribution is 2.26. The number of rotatable bonds is 4. The zero-order valence-corrected chi connectivity index (χ0v) is 16.3. The number of nitrogens with zero attached hydrogens (tertiary/aromatic N) is 4. The minimum Gasteiger partial charge on any atom is -0.383 e. The van der Waals surface area contributed by atoms with Crippen LogP contribution in [0.25, 0.3) is 5.69 Å². The van der Waals surface area contributed by atoms with Crippen LogP contribution in [0.4, 0.5) is 10.2 Å². The van der Waals surface area contributed by atoms with Gasteiger partial charge in [-0.3, -0.25) is 14.4 Å². The molecule has 2 N–H and O–H groups in total. The number of nitrogens with two attached hydrogens (primary N) is 1. The van der Waals surface area contributed by atoms with Crippen LogP contribution in [0.15, 0.2) is 53.6 Å². The number of aromatic nitrogens is 3. The van der Waals surface area contributed by atoms with Crippen molar-refractivity contribution in [3.63, 3.8) is 0 Å². The first-order chi connectivity index (χ1) is 14.4. The number of carbonyl (C=O) groups is 2. The molecule has 1 aromatic carbocycles. The predicted molar refractivity (Wildman–Crippen MR) is 108 cm³/mol. The Hall–Kier alpha value is -3.75. The third-order valence-corrected chi connectivity index (χ3v) is 5.29. The Morgan fingerprint density at radius 1 is 1.23 bits per heavy atom. The van der Waals surface area contributed by atoms with E-state index in [0.29, 0.717) is 25.1 Å². The molecule has 1 atom stereocenters. The lowest BCUT2D eigenvalue weighted by molar-refractivity contribution is 0.0671. The van der Waals surface area contributed by atoms with Crippen molar-refractivity contribution in [2.24, 2.45) is 7.05 Å². The van der Waals surface area contributed by atoms with Gasteiger partial charge < -0.3 is 15.2 Å². The summed E-state index contributed by atoms with van der Waals surface area (Å²) < 4.78 is 16.2. The van der Waals surface area contributed by atoms with Crippen LogP contribution in [0.1, 0.15) is 33.6 Å². The van der Waals surface area contributed by atoms with Crippen molar-refractivity contribution in [2.45, 2.75) is 18.9 Å². The number of likely N-dealkylation sites (tertiary alicyclic amines) is 1. The highest BCUT2D eigenvalue weighted by Gasteiger charge is 2.36. The molecule has 0 saturated carbocycles. The molecular weight excluding hydrogens is 389 g/mol. The van der Waals surface area contributed by atoms with Crippen LogP contribution in [0.2, 0.25) is 0 Å². The van der Waals surface area contributed by atoms with Gasteiger partial charge in [0.25, 0.3) is 11.5 Å². The van der Waals surface area contributed by atoms with Gasteiger partial charge in [0.05, 0.1) is 23.5 Å². The fraction of sp³-hybridized carbons (Fsp3) is 0.238. The lowest BCUT2D eigenvalue weighted by Crippen LogP contribution is -2.41. The number of nitrogen functional groups attached to an aromatic ring is 1. The van der Waals surface area contributed by atoms with E-state index in [1.807, 2.05) is 0 Å². The van der Waals surface area contributed by atoms with Gasteiger partial charge in [-0.1, -0.05) is 6.07 Å². The molecule has 1 aliphatic heterocycles. The summed E-state index contributed by atoms with van der Waals surface area (Å²) in [7, 11) is 1.60. The van der Waals surface area contributed by atoms with E-state index < -0.39 is 11.9 Å². The number of anilines is 1. The average molecular weight is 409 g/mol. The lowest BCUT2D eigenvalue weighted by Gasteiger charge is -2.23. The van der Waals surface area contributed by atoms with E-state index in [1.54, 1.807) is 19.2 Å². The van der Waals surface area contributed by atoms with Crippen LogP contribution in [0, 0.1) is 5.82 Å². The molecule has 4 rings (SSSR count). The van der Waals surface area contributed by atoms with Crippen molar-refractivity contribution in [1.82, 2.24) is 19.2 Å². The van der Waals surface area contributed by atoms with Crippen LogP contribution >= 0.6 is 0 Å². The molecule has 154 valence electrons. The smallest absolute Gasteiger partial charge is 0.254 e. The molecule has 0 bridgehead atoms. The Balaban J connectivity index is 1.62. The Bertz CT molecular complexity index is 1200. The molecule has 30 heavy (non-hydrogen) atoms. The number of aryl methyl sites for hydroxylation is 1. The summed E-state index contributed by atoms with van der Waals surface area (Å²) in [4.78, 5) is 39.5. The molecule has 3 aromatic rings. The van der Waals surface area contributed by atoms with E-state index in [-0.39, 0.29) is 34.2 Å². The SMILES string of the molecule is Cn1ccc(C(=O)N2CCCC2C(=O)c2cnn(-c3cccc(F)c3)c2N)cc1=O. The third-order valence-electron chi connectivity index (χ3n) is 5.29. The maximum absolute atomic E-state index is 13.5. The molecule has 1 fully saturated rings. The molecule has 1 saturated heterocycles. The second-order valence-electron chi connectivity index (χ2n) is 7.22. The van der Waals surface area contributed by atoms with Crippen molar-refractivity contribution >= 4 is 17.5 Å². The van der Waals surface area contributed by atoms with Crippen LogP contribution in [-0.2, 0) is 7.05 Å². The van der Waals surface area contributed by atoms with Gasteiger partial charge in [-0.2, -0.15) is 5.10 Å². The zero-order chi connectivity index (χ0) is 21.4. The number of hydrogen-bond acceptors (Lipinski definition) is 5. The van der Waals surface area contributed by atoms with Gasteiger partial charge in [0.2, 0.25) is 0 Å². The summed E-state index contributed by atoms with van der Waals surface area (Å²) in [5, 5.41) is 4.13. The first kappa shape index (κ1) is 19.6. The third kappa shape index (κ3) is 3.38. The van der Waals surface area contributed by atoms with Gasteiger partial charge >= 0.3 is 0 Å². The maximum Gasteiger partial charge on any atom is 0.254 e. The Morgan fingerprint density at radius 2 is 2.03 bits per heavy atom. The van der Waals surface area contributed by atoms with Crippen molar-refractivity contribution in [1.29, 1.82) is 0 Å². The minimum atomic E-state index is -0.700. The van der Waals surface area contributed by atoms with Crippen LogP contribution in [0.5, 0.6) is 0 Å². The van der Waals surface area contributed by atoms with Crippen molar-refractivity contribution < 1.29 is 14.0 Å². The number of Topliss-reactive ketones (excluding diaryl/α,β-unsaturated/α-hetero) is 1. The highest BCUT2D eigenvalue weighted by molar-refractivity contribution is 6.07. The quantitative estimate of drug-likeness (QED) is 0.662. The molecule has 8 nitrogen and oxygen atoms in total. The predicted octanol–water partition coefficient (Wildman–Crippen LogP) is 1.78. The van der Waals surface area contributed by atoms with E-state index in [2.05, 4.69) is 5.10 Å². The number of halogens is 1. The molecule has 1 amide bonds. The van der Waals surface area contributed by atoms with Crippen molar-refractivity contribution in [3.05, 3.63) is 76.1 Å². The monoisotopic (exact) mass is 409 g/mol. The van der Waals surface area contributed by atoms with Crippen molar-refractivity contribution in [2.75, 3.05) is 12.3 Å². The molecule has 1 aliphatic rings. The fourth-order valence-electron chi connectivity index (χ4n) is 3.67. The summed E-state index contributed by atoms with van der Waals surface area (Å²) in [5.41, 5.74) is 6.64. The first-order valence-corrected chi connectivity index (χ1v) is 9.48. The van der Waals surface area contributed by atoms with E-state index in [1.165, 1.54) is 50.8 Å². The maximum atomic E-state index is 13.5. The number of ketones is 1. The van der Waals surface area contributed by atoms with E-state index >= 15 is 0 Å². The van der Waals surface area contributed by atoms with Crippen LogP contribution in [-0.4, -0.2) is 43.5 Å². The molecular formula is C21H20FN5O3. The standard InChI is InChI=1S/C21H20FN5O3/c1-25-9-7-13(10-18(25)28)21(30)26-8-3-6-17(26)19(29)16-12-24-27(20(16)23)15-5-2-4-14(22)11-15/h2,4-5,7,9-12,17H,3,6,8,23H2,1H3. The summed E-state index contributed by atoms with van der Waals surface area (Å²) in [6.45, 7) is 0.405. The number of benzene rings is 1. The average Bonchev–Trinajstić information content (AvgIpc) is 3.36. The number of hydrogen-bond donors (Lipinski definition) is 1. The summed E-state index contributed by atoms with van der Waals surface area (Å²) in [5.74, 6) is -1.07. The Kier molecular flexibility index (Phi) is 4.94. The summed E-state index contributed by atoms with van der Waals surface area (Å²) in [6.07, 6.45) is 4.00. The zero-order valence-electron chi connectivity index (χ0n) is 16.3. The fourth-order valence-corrected chi connectivity index (χ4v) is 3.67. The highest BCUT2D eigenvalue weighted by atomic mass is 19.1. The van der Waals surface area contributed by atoms with Crippen LogP contribution < -0.4 is 11.3 Å². The number of pyridine rings is 1. The summed E-state index contributed by atoms with van der Waals surface area (Å²) >= 11 is 0. The van der Waals surface area contributed by atoms with Crippen LogP contribution in [0.3, 0.4) is 0 Å². The molecule has 0 aliphatic carbocycles. The minimum absolute atomic E-state index is 0.0819. The summed E-state index contributed by atoms with van der Waals surface area (Å²) in [6, 6.07) is 7.83. The van der Waals surface area contributed by atoms with Gasteiger partial charge in [-0.25, -0.2) is 9.07 Å². The number of carbonyl (C=O) groups excluding carboxylic acids is 2. The van der Waals surface area contributed by atoms with Gasteiger partial charge in [0, 0.05) is 31.4 Å². The number of amides is 1. The molecule has 2 aromatic heterocycles. The molecule has 1 unspecified atom stereocenters. The largest absolute Gasteiger partial charge is 0.383 e. The van der Waals surface area contributed by atoms with Gasteiger partial charge in [-0.15, -0.1) is 0 Å². The molecule has 0 spiro atoms. The molecule has 3 heterocycles. The molecule has 9 heteroatoms.